The Balaban J connectivity index is 2.41. The molecular formula is C15H18N2O4. The molecule has 3 atom stereocenters. The number of anilines is 1. The summed E-state index contributed by atoms with van der Waals surface area (Å²) < 4.78 is 0. The third kappa shape index (κ3) is 2.74. The first-order chi connectivity index (χ1) is 9.82. The van der Waals surface area contributed by atoms with Crippen LogP contribution in [0.1, 0.15) is 30.6 Å². The summed E-state index contributed by atoms with van der Waals surface area (Å²) in [6.07, 6.45) is 0.169. The van der Waals surface area contributed by atoms with Crippen molar-refractivity contribution < 1.29 is 19.5 Å². The minimum Gasteiger partial charge on any atom is -0.481 e. The highest BCUT2D eigenvalue weighted by atomic mass is 16.4. The van der Waals surface area contributed by atoms with Crippen molar-refractivity contribution >= 4 is 23.5 Å². The van der Waals surface area contributed by atoms with E-state index in [4.69, 9.17) is 5.73 Å². The van der Waals surface area contributed by atoms with E-state index in [0.29, 0.717) is 5.69 Å². The normalized spacial score (nSPS) is 25.7. The topological polar surface area (TPSA) is 101 Å². The molecule has 112 valence electrons. The van der Waals surface area contributed by atoms with Crippen LogP contribution >= 0.6 is 0 Å². The molecule has 3 N–H and O–H groups in total. The molecule has 1 aliphatic heterocycles. The van der Waals surface area contributed by atoms with Crippen molar-refractivity contribution in [2.75, 3.05) is 4.90 Å². The van der Waals surface area contributed by atoms with Crippen LogP contribution in [-0.4, -0.2) is 28.9 Å². The molecular weight excluding hydrogens is 272 g/mol. The predicted molar refractivity (Wildman–Crippen MR) is 76.8 cm³/mol. The minimum absolute atomic E-state index is 0.144. The number of piperidine rings is 1. The molecule has 2 rings (SSSR count). The van der Waals surface area contributed by atoms with Crippen molar-refractivity contribution in [2.24, 2.45) is 17.6 Å². The molecule has 6 nitrogen and oxygen atoms in total. The lowest BCUT2D eigenvalue weighted by molar-refractivity contribution is -0.146. The molecule has 0 spiro atoms. The van der Waals surface area contributed by atoms with Gasteiger partial charge in [-0.25, -0.2) is 0 Å². The third-order valence-corrected chi connectivity index (χ3v) is 4.00. The molecule has 0 saturated carbocycles. The molecule has 1 aliphatic rings. The average molecular weight is 290 g/mol. The Kier molecular flexibility index (Phi) is 3.97. The van der Waals surface area contributed by atoms with Crippen LogP contribution in [-0.2, 0) is 9.59 Å². The van der Waals surface area contributed by atoms with Crippen molar-refractivity contribution in [3.8, 4) is 0 Å². The second-order valence-corrected chi connectivity index (χ2v) is 5.46. The number of hydrogen-bond acceptors (Lipinski definition) is 3. The van der Waals surface area contributed by atoms with Crippen molar-refractivity contribution in [3.63, 3.8) is 0 Å². The van der Waals surface area contributed by atoms with E-state index in [1.54, 1.807) is 32.0 Å². The first kappa shape index (κ1) is 15.0. The molecule has 1 heterocycles. The van der Waals surface area contributed by atoms with Crippen LogP contribution in [0.4, 0.5) is 5.69 Å². The van der Waals surface area contributed by atoms with Crippen molar-refractivity contribution in [1.82, 2.24) is 0 Å². The van der Waals surface area contributed by atoms with Crippen LogP contribution in [0, 0.1) is 11.8 Å². The summed E-state index contributed by atoms with van der Waals surface area (Å²) in [4.78, 5) is 36.4. The largest absolute Gasteiger partial charge is 0.481 e. The Morgan fingerprint density at radius 3 is 2.57 bits per heavy atom. The van der Waals surface area contributed by atoms with Gasteiger partial charge in [-0.15, -0.1) is 0 Å². The van der Waals surface area contributed by atoms with Gasteiger partial charge >= 0.3 is 5.97 Å². The number of carbonyl (C=O) groups is 3. The summed E-state index contributed by atoms with van der Waals surface area (Å²) in [5.41, 5.74) is 6.03. The molecule has 1 aromatic carbocycles. The molecule has 6 heteroatoms. The summed E-state index contributed by atoms with van der Waals surface area (Å²) in [6.45, 7) is 3.48. The number of carboxylic acids is 1. The summed E-state index contributed by atoms with van der Waals surface area (Å²) in [7, 11) is 0. The van der Waals surface area contributed by atoms with E-state index in [2.05, 4.69) is 0 Å². The first-order valence-corrected chi connectivity index (χ1v) is 6.77. The quantitative estimate of drug-likeness (QED) is 0.874. The van der Waals surface area contributed by atoms with Gasteiger partial charge in [0, 0.05) is 23.7 Å². The molecule has 0 bridgehead atoms. The first-order valence-electron chi connectivity index (χ1n) is 6.77. The zero-order valence-corrected chi connectivity index (χ0v) is 11.9. The molecule has 1 saturated heterocycles. The number of primary amides is 1. The number of nitrogens with zero attached hydrogens (tertiary/aromatic N) is 1. The molecule has 0 radical (unpaired) electrons. The zero-order chi connectivity index (χ0) is 15.7. The van der Waals surface area contributed by atoms with E-state index in [9.17, 15) is 19.5 Å². The lowest BCUT2D eigenvalue weighted by Gasteiger charge is -2.40. The monoisotopic (exact) mass is 290 g/mol. The highest BCUT2D eigenvalue weighted by Crippen LogP contribution is 2.33. The van der Waals surface area contributed by atoms with Crippen LogP contribution in [0.5, 0.6) is 0 Å². The van der Waals surface area contributed by atoms with E-state index >= 15 is 0 Å². The molecule has 3 unspecified atom stereocenters. The SMILES string of the molecule is CC1CC(=O)N(c2cccc(C(N)=O)c2)C(C)C1C(=O)O. The van der Waals surface area contributed by atoms with E-state index in [1.165, 1.54) is 11.0 Å². The lowest BCUT2D eigenvalue weighted by atomic mass is 9.80. The number of amides is 2. The van der Waals surface area contributed by atoms with Gasteiger partial charge in [-0.3, -0.25) is 14.4 Å². The number of aliphatic carboxylic acids is 1. The molecule has 0 aromatic heterocycles. The van der Waals surface area contributed by atoms with E-state index < -0.39 is 23.8 Å². The van der Waals surface area contributed by atoms with E-state index in [0.717, 1.165) is 0 Å². The van der Waals surface area contributed by atoms with E-state index in [-0.39, 0.29) is 23.8 Å². The zero-order valence-electron chi connectivity index (χ0n) is 11.9. The van der Waals surface area contributed by atoms with Gasteiger partial charge in [0.25, 0.3) is 0 Å². The second kappa shape index (κ2) is 5.55. The summed E-state index contributed by atoms with van der Waals surface area (Å²) in [5, 5.41) is 9.36. The fraction of sp³-hybridized carbons (Fsp3) is 0.400. The smallest absolute Gasteiger partial charge is 0.308 e. The van der Waals surface area contributed by atoms with Gasteiger partial charge in [-0.05, 0) is 31.0 Å². The molecule has 21 heavy (non-hydrogen) atoms. The van der Waals surface area contributed by atoms with Crippen LogP contribution in [0.3, 0.4) is 0 Å². The number of hydrogen-bond donors (Lipinski definition) is 2. The fourth-order valence-corrected chi connectivity index (χ4v) is 3.00. The second-order valence-electron chi connectivity index (χ2n) is 5.46. The maximum absolute atomic E-state index is 12.3. The Hall–Kier alpha value is -2.37. The van der Waals surface area contributed by atoms with Gasteiger partial charge in [0.15, 0.2) is 0 Å². The molecule has 0 aliphatic carbocycles. The van der Waals surface area contributed by atoms with E-state index in [1.807, 2.05) is 0 Å². The predicted octanol–water partition coefficient (Wildman–Crippen LogP) is 1.25. The van der Waals surface area contributed by atoms with Crippen LogP contribution < -0.4 is 10.6 Å². The van der Waals surface area contributed by atoms with Crippen molar-refractivity contribution in [3.05, 3.63) is 29.8 Å². The van der Waals surface area contributed by atoms with Crippen LogP contribution in [0.15, 0.2) is 24.3 Å². The highest BCUT2D eigenvalue weighted by Gasteiger charge is 2.42. The van der Waals surface area contributed by atoms with Crippen molar-refractivity contribution in [1.29, 1.82) is 0 Å². The summed E-state index contributed by atoms with van der Waals surface area (Å²) in [6, 6.07) is 5.90. The number of carboxylic acid groups (broad SMARTS) is 1. The Morgan fingerprint density at radius 1 is 1.33 bits per heavy atom. The van der Waals surface area contributed by atoms with Crippen LogP contribution in [0.25, 0.3) is 0 Å². The Labute approximate surface area is 122 Å². The molecule has 2 amide bonds. The van der Waals surface area contributed by atoms with Gasteiger partial charge in [-0.2, -0.15) is 0 Å². The van der Waals surface area contributed by atoms with Gasteiger partial charge in [0.2, 0.25) is 11.8 Å². The standard InChI is InChI=1S/C15H18N2O4/c1-8-6-12(18)17(9(2)13(8)15(20)21)11-5-3-4-10(7-11)14(16)19/h3-5,7-9,13H,6H2,1-2H3,(H2,16,19)(H,20,21). The van der Waals surface area contributed by atoms with Gasteiger partial charge in [0.05, 0.1) is 5.92 Å². The number of rotatable bonds is 3. The fourth-order valence-electron chi connectivity index (χ4n) is 3.00. The van der Waals surface area contributed by atoms with Crippen LogP contribution in [0.2, 0.25) is 0 Å². The maximum Gasteiger partial charge on any atom is 0.308 e. The van der Waals surface area contributed by atoms with Gasteiger partial charge < -0.3 is 15.7 Å². The molecule has 1 aromatic rings. The van der Waals surface area contributed by atoms with Crippen molar-refractivity contribution in [2.45, 2.75) is 26.3 Å². The maximum atomic E-state index is 12.3. The summed E-state index contributed by atoms with van der Waals surface area (Å²) in [5.74, 6) is -2.51. The minimum atomic E-state index is -0.918. The Morgan fingerprint density at radius 2 is 2.00 bits per heavy atom. The average Bonchev–Trinajstić information content (AvgIpc) is 2.37. The van der Waals surface area contributed by atoms with Gasteiger partial charge in [-0.1, -0.05) is 13.0 Å². The lowest BCUT2D eigenvalue weighted by Crippen LogP contribution is -2.53. The Bertz CT molecular complexity index is 599. The summed E-state index contributed by atoms with van der Waals surface area (Å²) >= 11 is 0. The molecule has 1 fully saturated rings. The number of nitrogens with two attached hydrogens (primary N) is 1. The number of benzene rings is 1. The van der Waals surface area contributed by atoms with Gasteiger partial charge in [0.1, 0.15) is 0 Å². The third-order valence-electron chi connectivity index (χ3n) is 4.00. The number of carbonyl (C=O) groups excluding carboxylic acids is 2. The highest BCUT2D eigenvalue weighted by molar-refractivity contribution is 5.99.